The lowest BCUT2D eigenvalue weighted by molar-refractivity contribution is -0.149. The summed E-state index contributed by atoms with van der Waals surface area (Å²) >= 11 is 0. The van der Waals surface area contributed by atoms with Gasteiger partial charge in [-0.15, -0.1) is 0 Å². The first-order valence-electron chi connectivity index (χ1n) is 9.32. The van der Waals surface area contributed by atoms with E-state index in [0.29, 0.717) is 30.9 Å². The Morgan fingerprint density at radius 1 is 1.25 bits per heavy atom. The lowest BCUT2D eigenvalue weighted by Gasteiger charge is -2.52. The summed E-state index contributed by atoms with van der Waals surface area (Å²) in [6, 6.07) is 11.0. The highest BCUT2D eigenvalue weighted by atomic mass is 19.1. The molecule has 1 aromatic carbocycles. The molecule has 4 rings (SSSR count). The highest BCUT2D eigenvalue weighted by molar-refractivity contribution is 5.96. The zero-order chi connectivity index (χ0) is 19.9. The van der Waals surface area contributed by atoms with Gasteiger partial charge in [-0.3, -0.25) is 9.59 Å². The van der Waals surface area contributed by atoms with E-state index in [2.05, 4.69) is 4.98 Å². The van der Waals surface area contributed by atoms with Gasteiger partial charge < -0.3 is 14.5 Å². The molecule has 146 valence electrons. The zero-order valence-electron chi connectivity index (χ0n) is 15.9. The van der Waals surface area contributed by atoms with Crippen molar-refractivity contribution < 1.29 is 18.7 Å². The minimum atomic E-state index is -0.708. The molecule has 0 N–H and O–H groups in total. The largest absolute Gasteiger partial charge is 0.361 e. The molecule has 0 unspecified atom stereocenters. The van der Waals surface area contributed by atoms with Crippen LogP contribution in [-0.4, -0.2) is 53.0 Å². The van der Waals surface area contributed by atoms with Crippen LogP contribution in [0.5, 0.6) is 0 Å². The maximum atomic E-state index is 13.3. The second kappa shape index (κ2) is 6.98. The topological polar surface area (TPSA) is 62.7 Å². The highest BCUT2D eigenvalue weighted by Gasteiger charge is 2.50. The Morgan fingerprint density at radius 2 is 2.00 bits per heavy atom. The third-order valence-corrected chi connectivity index (χ3v) is 5.49. The molecule has 2 fully saturated rings. The molecular formula is C21H22FN3O3. The van der Waals surface area contributed by atoms with E-state index in [1.165, 1.54) is 12.1 Å². The van der Waals surface area contributed by atoms with Crippen LogP contribution in [-0.2, 0) is 9.53 Å². The van der Waals surface area contributed by atoms with E-state index in [1.54, 1.807) is 28.0 Å². The number of carbonyl (C=O) groups excluding carboxylic acids is 2. The number of carbonyl (C=O) groups is 2. The normalized spacial score (nSPS) is 24.8. The number of nitrogens with zero attached hydrogens (tertiary/aromatic N) is 3. The first-order valence-corrected chi connectivity index (χ1v) is 9.32. The van der Waals surface area contributed by atoms with Crippen molar-refractivity contribution in [2.24, 2.45) is 0 Å². The molecule has 3 heterocycles. The summed E-state index contributed by atoms with van der Waals surface area (Å²) in [6.07, 6.45) is 0.567. The van der Waals surface area contributed by atoms with Gasteiger partial charge in [0.25, 0.3) is 11.8 Å². The Bertz CT molecular complexity index is 917. The fraction of sp³-hybridized carbons (Fsp3) is 0.381. The number of aryl methyl sites for hydroxylation is 1. The average molecular weight is 383 g/mol. The van der Waals surface area contributed by atoms with Crippen LogP contribution < -0.4 is 4.90 Å². The Labute approximate surface area is 162 Å². The SMILES string of the molecule is Cc1cccc(C(=O)N2CC[C@H]3N(c4ccc(F)cc4)C(=O)CO[C@]3(C)C2)n1. The fourth-order valence-corrected chi connectivity index (χ4v) is 4.08. The van der Waals surface area contributed by atoms with Gasteiger partial charge in [0, 0.05) is 17.9 Å². The molecule has 28 heavy (non-hydrogen) atoms. The predicted molar refractivity (Wildman–Crippen MR) is 102 cm³/mol. The number of rotatable bonds is 2. The van der Waals surface area contributed by atoms with Crippen LogP contribution in [0.4, 0.5) is 10.1 Å². The summed E-state index contributed by atoms with van der Waals surface area (Å²) in [5.74, 6) is -0.648. The average Bonchev–Trinajstić information content (AvgIpc) is 2.68. The molecule has 2 amide bonds. The molecule has 2 atom stereocenters. The maximum absolute atomic E-state index is 13.3. The van der Waals surface area contributed by atoms with Crippen LogP contribution in [0.25, 0.3) is 0 Å². The van der Waals surface area contributed by atoms with Crippen LogP contribution in [0.1, 0.15) is 29.5 Å². The van der Waals surface area contributed by atoms with Crippen LogP contribution in [0.2, 0.25) is 0 Å². The van der Waals surface area contributed by atoms with Crippen LogP contribution >= 0.6 is 0 Å². The highest BCUT2D eigenvalue weighted by Crippen LogP contribution is 2.36. The molecule has 2 saturated heterocycles. The fourth-order valence-electron chi connectivity index (χ4n) is 4.08. The number of hydrogen-bond donors (Lipinski definition) is 0. The summed E-state index contributed by atoms with van der Waals surface area (Å²) in [6.45, 7) is 4.54. The van der Waals surface area contributed by atoms with Crippen molar-refractivity contribution in [2.75, 3.05) is 24.6 Å². The van der Waals surface area contributed by atoms with Gasteiger partial charge in [-0.25, -0.2) is 9.37 Å². The van der Waals surface area contributed by atoms with Crippen molar-refractivity contribution in [1.29, 1.82) is 0 Å². The molecule has 2 aromatic rings. The van der Waals surface area contributed by atoms with Crippen molar-refractivity contribution in [1.82, 2.24) is 9.88 Å². The van der Waals surface area contributed by atoms with E-state index in [4.69, 9.17) is 4.74 Å². The number of piperidine rings is 1. The van der Waals surface area contributed by atoms with Crippen LogP contribution in [0, 0.1) is 12.7 Å². The lowest BCUT2D eigenvalue weighted by Crippen LogP contribution is -2.68. The number of ether oxygens (including phenoxy) is 1. The molecule has 7 heteroatoms. The second-order valence-corrected chi connectivity index (χ2v) is 7.54. The minimum absolute atomic E-state index is 0.0743. The van der Waals surface area contributed by atoms with Crippen LogP contribution in [0.3, 0.4) is 0 Å². The van der Waals surface area contributed by atoms with E-state index in [1.807, 2.05) is 26.0 Å². The van der Waals surface area contributed by atoms with Crippen molar-refractivity contribution in [3.8, 4) is 0 Å². The Balaban J connectivity index is 1.59. The predicted octanol–water partition coefficient (Wildman–Crippen LogP) is 2.57. The molecule has 0 bridgehead atoms. The number of anilines is 1. The number of amides is 2. The monoisotopic (exact) mass is 383 g/mol. The second-order valence-electron chi connectivity index (χ2n) is 7.54. The summed E-state index contributed by atoms with van der Waals surface area (Å²) in [7, 11) is 0. The Hall–Kier alpha value is -2.80. The van der Waals surface area contributed by atoms with Crippen molar-refractivity contribution in [3.05, 3.63) is 59.7 Å². The molecule has 6 nitrogen and oxygen atoms in total. The van der Waals surface area contributed by atoms with Crippen molar-refractivity contribution in [2.45, 2.75) is 31.9 Å². The molecule has 0 radical (unpaired) electrons. The summed E-state index contributed by atoms with van der Waals surface area (Å²) in [5, 5.41) is 0. The van der Waals surface area contributed by atoms with Gasteiger partial charge in [0.2, 0.25) is 0 Å². The number of benzene rings is 1. The number of morpholine rings is 1. The summed E-state index contributed by atoms with van der Waals surface area (Å²) in [4.78, 5) is 33.2. The number of pyridine rings is 1. The number of halogens is 1. The van der Waals surface area contributed by atoms with Crippen molar-refractivity contribution in [3.63, 3.8) is 0 Å². The Morgan fingerprint density at radius 3 is 2.71 bits per heavy atom. The minimum Gasteiger partial charge on any atom is -0.361 e. The summed E-state index contributed by atoms with van der Waals surface area (Å²) < 4.78 is 19.2. The Kier molecular flexibility index (Phi) is 4.63. The number of hydrogen-bond acceptors (Lipinski definition) is 4. The van der Waals surface area contributed by atoms with Crippen LogP contribution in [0.15, 0.2) is 42.5 Å². The van der Waals surface area contributed by atoms with Gasteiger partial charge in [-0.2, -0.15) is 0 Å². The quantitative estimate of drug-likeness (QED) is 0.800. The van der Waals surface area contributed by atoms with E-state index >= 15 is 0 Å². The third-order valence-electron chi connectivity index (χ3n) is 5.49. The molecule has 1 aromatic heterocycles. The van der Waals surface area contributed by atoms with Crippen molar-refractivity contribution >= 4 is 17.5 Å². The first-order chi connectivity index (χ1) is 13.4. The summed E-state index contributed by atoms with van der Waals surface area (Å²) in [5.41, 5.74) is 1.13. The standard InChI is InChI=1S/C21H22FN3O3/c1-14-4-3-5-17(23-14)20(27)24-11-10-18-21(2,13-24)28-12-19(26)25(18)16-8-6-15(22)7-9-16/h3-9,18H,10-13H2,1-2H3/t18-,21-/m1/s1. The van der Waals surface area contributed by atoms with E-state index in [0.717, 1.165) is 5.69 Å². The molecule has 0 saturated carbocycles. The van der Waals surface area contributed by atoms with E-state index in [9.17, 15) is 14.0 Å². The first kappa shape index (κ1) is 18.6. The number of fused-ring (bicyclic) bond motifs is 1. The maximum Gasteiger partial charge on any atom is 0.272 e. The zero-order valence-corrected chi connectivity index (χ0v) is 15.9. The van der Waals surface area contributed by atoms with Gasteiger partial charge >= 0.3 is 0 Å². The van der Waals surface area contributed by atoms with Gasteiger partial charge in [-0.1, -0.05) is 6.07 Å². The molecule has 2 aliphatic heterocycles. The number of likely N-dealkylation sites (tertiary alicyclic amines) is 1. The van der Waals surface area contributed by atoms with Gasteiger partial charge in [0.1, 0.15) is 23.7 Å². The van der Waals surface area contributed by atoms with E-state index < -0.39 is 5.60 Å². The van der Waals surface area contributed by atoms with E-state index in [-0.39, 0.29) is 30.3 Å². The third kappa shape index (κ3) is 3.26. The van der Waals surface area contributed by atoms with Gasteiger partial charge in [0.15, 0.2) is 0 Å². The lowest BCUT2D eigenvalue weighted by atomic mass is 9.85. The molecule has 0 spiro atoms. The smallest absolute Gasteiger partial charge is 0.272 e. The van der Waals surface area contributed by atoms with Gasteiger partial charge in [0.05, 0.1) is 12.6 Å². The molecule has 2 aliphatic rings. The molecule has 0 aliphatic carbocycles. The van der Waals surface area contributed by atoms with Gasteiger partial charge in [-0.05, 0) is 56.7 Å². The number of aromatic nitrogens is 1. The molecular weight excluding hydrogens is 361 g/mol.